The minimum absolute atomic E-state index is 0.454. The van der Waals surface area contributed by atoms with Gasteiger partial charge in [-0.2, -0.15) is 18.3 Å². The molecule has 0 unspecified atom stereocenters. The highest BCUT2D eigenvalue weighted by Gasteiger charge is 2.32. The predicted octanol–water partition coefficient (Wildman–Crippen LogP) is 2.42. The summed E-state index contributed by atoms with van der Waals surface area (Å²) in [4.78, 5) is 3.64. The van der Waals surface area contributed by atoms with Gasteiger partial charge in [0, 0.05) is 39.8 Å². The highest BCUT2D eigenvalue weighted by molar-refractivity contribution is 9.10. The van der Waals surface area contributed by atoms with Gasteiger partial charge in [-0.1, -0.05) is 6.92 Å². The van der Waals surface area contributed by atoms with Crippen LogP contribution in [0, 0.1) is 0 Å². The SMILES string of the molecule is CCc1nn(C)c(CN2CCN(CC(F)(F)F)CC2)c1Br. The van der Waals surface area contributed by atoms with Gasteiger partial charge in [-0.15, -0.1) is 0 Å². The molecule has 0 radical (unpaired) electrons. The fourth-order valence-corrected chi connectivity index (χ4v) is 3.30. The highest BCUT2D eigenvalue weighted by Crippen LogP contribution is 2.24. The third-order valence-corrected chi connectivity index (χ3v) is 4.66. The Kier molecular flexibility index (Phi) is 5.32. The lowest BCUT2D eigenvalue weighted by molar-refractivity contribution is -0.149. The van der Waals surface area contributed by atoms with Gasteiger partial charge in [0.15, 0.2) is 0 Å². The number of halogens is 4. The van der Waals surface area contributed by atoms with Gasteiger partial charge in [0.05, 0.1) is 22.4 Å². The Hall–Kier alpha value is -0.600. The second kappa shape index (κ2) is 6.66. The van der Waals surface area contributed by atoms with E-state index in [2.05, 4.69) is 25.9 Å². The summed E-state index contributed by atoms with van der Waals surface area (Å²) < 4.78 is 39.9. The van der Waals surface area contributed by atoms with Gasteiger partial charge in [-0.25, -0.2) is 0 Å². The van der Waals surface area contributed by atoms with Crippen molar-refractivity contribution in [3.05, 3.63) is 15.9 Å². The van der Waals surface area contributed by atoms with Crippen LogP contribution in [0.4, 0.5) is 13.2 Å². The van der Waals surface area contributed by atoms with Crippen LogP contribution in [0.15, 0.2) is 4.47 Å². The molecule has 0 amide bonds. The van der Waals surface area contributed by atoms with Crippen LogP contribution < -0.4 is 0 Å². The van der Waals surface area contributed by atoms with Crippen molar-refractivity contribution in [2.45, 2.75) is 26.1 Å². The molecule has 0 saturated carbocycles. The van der Waals surface area contributed by atoms with Crippen LogP contribution >= 0.6 is 15.9 Å². The molecule has 0 aromatic carbocycles. The minimum atomic E-state index is -4.11. The molecule has 0 atom stereocenters. The summed E-state index contributed by atoms with van der Waals surface area (Å²) >= 11 is 3.57. The van der Waals surface area contributed by atoms with Gasteiger partial charge in [-0.3, -0.25) is 14.5 Å². The fourth-order valence-electron chi connectivity index (χ4n) is 2.56. The number of rotatable bonds is 4. The number of aromatic nitrogens is 2. The first-order valence-electron chi connectivity index (χ1n) is 7.02. The number of aryl methyl sites for hydroxylation is 2. The van der Waals surface area contributed by atoms with E-state index >= 15 is 0 Å². The van der Waals surface area contributed by atoms with E-state index < -0.39 is 12.7 Å². The highest BCUT2D eigenvalue weighted by atomic mass is 79.9. The molecule has 1 aromatic rings. The molecule has 0 aliphatic carbocycles. The molecule has 2 heterocycles. The van der Waals surface area contributed by atoms with Crippen molar-refractivity contribution in [2.24, 2.45) is 7.05 Å². The molecule has 1 saturated heterocycles. The largest absolute Gasteiger partial charge is 0.401 e. The summed E-state index contributed by atoms with van der Waals surface area (Å²) in [5.74, 6) is 0. The molecular formula is C13H20BrF3N4. The fraction of sp³-hybridized carbons (Fsp3) is 0.769. The van der Waals surface area contributed by atoms with Crippen LogP contribution in [0.2, 0.25) is 0 Å². The van der Waals surface area contributed by atoms with E-state index in [9.17, 15) is 13.2 Å². The van der Waals surface area contributed by atoms with Gasteiger partial charge in [0.25, 0.3) is 0 Å². The molecule has 1 aliphatic heterocycles. The lowest BCUT2D eigenvalue weighted by atomic mass is 10.2. The topological polar surface area (TPSA) is 24.3 Å². The van der Waals surface area contributed by atoms with Crippen LogP contribution in [0.1, 0.15) is 18.3 Å². The smallest absolute Gasteiger partial charge is 0.295 e. The van der Waals surface area contributed by atoms with Crippen molar-refractivity contribution in [1.82, 2.24) is 19.6 Å². The zero-order valence-electron chi connectivity index (χ0n) is 12.3. The maximum Gasteiger partial charge on any atom is 0.401 e. The van der Waals surface area contributed by atoms with Gasteiger partial charge in [0.2, 0.25) is 0 Å². The van der Waals surface area contributed by atoms with Gasteiger partial charge in [-0.05, 0) is 22.4 Å². The average Bonchev–Trinajstić information content (AvgIpc) is 2.66. The van der Waals surface area contributed by atoms with Gasteiger partial charge in [0.1, 0.15) is 0 Å². The third kappa shape index (κ3) is 4.43. The monoisotopic (exact) mass is 368 g/mol. The first kappa shape index (κ1) is 16.8. The predicted molar refractivity (Wildman–Crippen MR) is 78.1 cm³/mol. The average molecular weight is 369 g/mol. The lowest BCUT2D eigenvalue weighted by Crippen LogP contribution is -2.48. The number of nitrogens with zero attached hydrogens (tertiary/aromatic N) is 4. The summed E-state index contributed by atoms with van der Waals surface area (Å²) in [5.41, 5.74) is 2.10. The van der Waals surface area contributed by atoms with E-state index in [1.165, 1.54) is 4.90 Å². The minimum Gasteiger partial charge on any atom is -0.295 e. The van der Waals surface area contributed by atoms with Crippen molar-refractivity contribution in [3.8, 4) is 0 Å². The first-order valence-corrected chi connectivity index (χ1v) is 7.81. The second-order valence-corrected chi connectivity index (χ2v) is 6.15. The molecule has 0 bridgehead atoms. The van der Waals surface area contributed by atoms with Crippen molar-refractivity contribution in [3.63, 3.8) is 0 Å². The van der Waals surface area contributed by atoms with Gasteiger partial charge < -0.3 is 0 Å². The van der Waals surface area contributed by atoms with E-state index in [1.807, 2.05) is 18.7 Å². The molecule has 4 nitrogen and oxygen atoms in total. The van der Waals surface area contributed by atoms with Crippen molar-refractivity contribution in [2.75, 3.05) is 32.7 Å². The molecule has 0 spiro atoms. The standard InChI is InChI=1S/C13H20BrF3N4/c1-3-10-12(14)11(19(2)18-10)8-20-4-6-21(7-5-20)9-13(15,16)17/h3-9H2,1-2H3. The lowest BCUT2D eigenvalue weighted by Gasteiger charge is -2.34. The molecule has 2 rings (SSSR count). The zero-order chi connectivity index (χ0) is 15.6. The Morgan fingerprint density at radius 1 is 1.14 bits per heavy atom. The molecule has 1 fully saturated rings. The quantitative estimate of drug-likeness (QED) is 0.815. The van der Waals surface area contributed by atoms with Crippen molar-refractivity contribution >= 4 is 15.9 Å². The summed E-state index contributed by atoms with van der Waals surface area (Å²) in [6.45, 7) is 4.16. The van der Waals surface area contributed by atoms with Crippen LogP contribution in [0.25, 0.3) is 0 Å². The van der Waals surface area contributed by atoms with E-state index in [0.29, 0.717) is 32.7 Å². The normalized spacial score (nSPS) is 18.4. The van der Waals surface area contributed by atoms with E-state index in [1.54, 1.807) is 0 Å². The van der Waals surface area contributed by atoms with Crippen LogP contribution in [-0.4, -0.2) is 58.5 Å². The third-order valence-electron chi connectivity index (χ3n) is 3.74. The summed E-state index contributed by atoms with van der Waals surface area (Å²) in [7, 11) is 1.90. The van der Waals surface area contributed by atoms with Crippen LogP contribution in [-0.2, 0) is 20.0 Å². The molecule has 1 aliphatic rings. The molecule has 1 aromatic heterocycles. The summed E-state index contributed by atoms with van der Waals surface area (Å²) in [5, 5.41) is 4.44. The van der Waals surface area contributed by atoms with Crippen molar-refractivity contribution in [1.29, 1.82) is 0 Å². The Balaban J connectivity index is 1.91. The van der Waals surface area contributed by atoms with E-state index in [0.717, 1.165) is 22.3 Å². The molecule has 0 N–H and O–H groups in total. The first-order chi connectivity index (χ1) is 9.80. The van der Waals surface area contributed by atoms with Crippen molar-refractivity contribution < 1.29 is 13.2 Å². The van der Waals surface area contributed by atoms with Crippen LogP contribution in [0.3, 0.4) is 0 Å². The number of alkyl halides is 3. The molecule has 21 heavy (non-hydrogen) atoms. The maximum absolute atomic E-state index is 12.4. The molecular weight excluding hydrogens is 349 g/mol. The number of piperazine rings is 1. The number of hydrogen-bond acceptors (Lipinski definition) is 3. The van der Waals surface area contributed by atoms with E-state index in [4.69, 9.17) is 0 Å². The maximum atomic E-state index is 12.4. The van der Waals surface area contributed by atoms with Crippen LogP contribution in [0.5, 0.6) is 0 Å². The Bertz CT molecular complexity index is 478. The molecule has 120 valence electrons. The Labute approximate surface area is 131 Å². The summed E-state index contributed by atoms with van der Waals surface area (Å²) in [6, 6.07) is 0. The zero-order valence-corrected chi connectivity index (χ0v) is 13.8. The van der Waals surface area contributed by atoms with E-state index in [-0.39, 0.29) is 0 Å². The summed E-state index contributed by atoms with van der Waals surface area (Å²) in [6.07, 6.45) is -3.25. The second-order valence-electron chi connectivity index (χ2n) is 5.35. The Morgan fingerprint density at radius 3 is 2.19 bits per heavy atom. The molecule has 8 heteroatoms. The Morgan fingerprint density at radius 2 is 1.71 bits per heavy atom. The van der Waals surface area contributed by atoms with Gasteiger partial charge >= 0.3 is 6.18 Å². The number of hydrogen-bond donors (Lipinski definition) is 0.